The van der Waals surface area contributed by atoms with E-state index in [1.807, 2.05) is 24.3 Å². The van der Waals surface area contributed by atoms with E-state index in [4.69, 9.17) is 9.47 Å². The van der Waals surface area contributed by atoms with Crippen LogP contribution in [0, 0.1) is 0 Å². The van der Waals surface area contributed by atoms with Gasteiger partial charge in [-0.2, -0.15) is 0 Å². The van der Waals surface area contributed by atoms with Crippen molar-refractivity contribution in [1.82, 2.24) is 10.6 Å². The zero-order valence-corrected chi connectivity index (χ0v) is 13.9. The van der Waals surface area contributed by atoms with Crippen LogP contribution < -0.4 is 15.4 Å². The first-order chi connectivity index (χ1) is 10.3. The molecule has 1 saturated heterocycles. The van der Waals surface area contributed by atoms with E-state index in [1.165, 1.54) is 0 Å². The first-order valence-electron chi connectivity index (χ1n) is 7.22. The summed E-state index contributed by atoms with van der Waals surface area (Å²) in [6.07, 6.45) is 2.58. The predicted octanol–water partition coefficient (Wildman–Crippen LogP) is 2.17. The van der Waals surface area contributed by atoms with Gasteiger partial charge in [0, 0.05) is 24.7 Å². The lowest BCUT2D eigenvalue weighted by atomic mass is 10.2. The molecule has 1 aliphatic heterocycles. The molecule has 0 saturated carbocycles. The molecular formula is C15H22BrN3O2. The fraction of sp³-hybridized carbons (Fsp3) is 0.533. The molecule has 1 aromatic rings. The second kappa shape index (κ2) is 8.89. The number of nitrogens with one attached hydrogen (secondary N) is 2. The Balaban J connectivity index is 1.60. The molecule has 1 fully saturated rings. The molecule has 0 bridgehead atoms. The van der Waals surface area contributed by atoms with Crippen molar-refractivity contribution >= 4 is 21.9 Å². The maximum atomic E-state index is 5.64. The number of ether oxygens (including phenoxy) is 2. The molecule has 21 heavy (non-hydrogen) atoms. The lowest BCUT2D eigenvalue weighted by molar-refractivity contribution is 0.114. The Morgan fingerprint density at radius 2 is 2.19 bits per heavy atom. The maximum Gasteiger partial charge on any atom is 0.191 e. The molecule has 2 N–H and O–H groups in total. The quantitative estimate of drug-likeness (QED) is 0.466. The zero-order valence-electron chi connectivity index (χ0n) is 12.3. The van der Waals surface area contributed by atoms with Gasteiger partial charge in [0.15, 0.2) is 5.96 Å². The fourth-order valence-corrected chi connectivity index (χ4v) is 2.37. The monoisotopic (exact) mass is 355 g/mol. The molecule has 1 heterocycles. The lowest BCUT2D eigenvalue weighted by Crippen LogP contribution is -2.42. The highest BCUT2D eigenvalue weighted by molar-refractivity contribution is 9.10. The van der Waals surface area contributed by atoms with Crippen molar-refractivity contribution in [2.45, 2.75) is 18.9 Å². The van der Waals surface area contributed by atoms with Gasteiger partial charge in [0.2, 0.25) is 0 Å². The van der Waals surface area contributed by atoms with Gasteiger partial charge < -0.3 is 20.1 Å². The first-order valence-corrected chi connectivity index (χ1v) is 8.01. The number of rotatable bonds is 6. The predicted molar refractivity (Wildman–Crippen MR) is 88.0 cm³/mol. The lowest BCUT2D eigenvalue weighted by Gasteiger charge is -2.15. The van der Waals surface area contributed by atoms with Gasteiger partial charge in [0.1, 0.15) is 12.4 Å². The van der Waals surface area contributed by atoms with Crippen molar-refractivity contribution in [3.8, 4) is 5.75 Å². The summed E-state index contributed by atoms with van der Waals surface area (Å²) in [6.45, 7) is 2.95. The van der Waals surface area contributed by atoms with Crippen molar-refractivity contribution in [2.75, 3.05) is 33.4 Å². The Morgan fingerprint density at radius 3 is 2.86 bits per heavy atom. The SMILES string of the molecule is CN=C(NCCOc1ccc(Br)cc1)NCC1CCCO1. The number of benzene rings is 1. The number of halogens is 1. The van der Waals surface area contributed by atoms with Crippen LogP contribution in [0.3, 0.4) is 0 Å². The summed E-state index contributed by atoms with van der Waals surface area (Å²) >= 11 is 3.40. The summed E-state index contributed by atoms with van der Waals surface area (Å²) < 4.78 is 12.3. The van der Waals surface area contributed by atoms with Crippen LogP contribution in [-0.2, 0) is 4.74 Å². The van der Waals surface area contributed by atoms with Crippen LogP contribution in [-0.4, -0.2) is 45.4 Å². The molecule has 0 aromatic heterocycles. The third kappa shape index (κ3) is 5.93. The Bertz CT molecular complexity index is 445. The van der Waals surface area contributed by atoms with E-state index in [-0.39, 0.29) is 0 Å². The minimum absolute atomic E-state index is 0.308. The minimum atomic E-state index is 0.308. The van der Waals surface area contributed by atoms with Gasteiger partial charge in [0.05, 0.1) is 12.6 Å². The van der Waals surface area contributed by atoms with Crippen molar-refractivity contribution in [1.29, 1.82) is 0 Å². The van der Waals surface area contributed by atoms with Gasteiger partial charge in [-0.05, 0) is 37.1 Å². The van der Waals surface area contributed by atoms with Gasteiger partial charge in [-0.25, -0.2) is 0 Å². The number of hydrogen-bond acceptors (Lipinski definition) is 3. The van der Waals surface area contributed by atoms with E-state index >= 15 is 0 Å². The molecule has 116 valence electrons. The standard InChI is InChI=1S/C15H22BrN3O2/c1-17-15(19-11-14-3-2-9-20-14)18-8-10-21-13-6-4-12(16)5-7-13/h4-7,14H,2-3,8-11H2,1H3,(H2,17,18,19). The Hall–Kier alpha value is -1.27. The highest BCUT2D eigenvalue weighted by Gasteiger charge is 2.15. The normalized spacial score (nSPS) is 18.6. The molecule has 1 aliphatic rings. The topological polar surface area (TPSA) is 54.9 Å². The van der Waals surface area contributed by atoms with E-state index < -0.39 is 0 Å². The molecule has 0 radical (unpaired) electrons. The molecule has 1 atom stereocenters. The van der Waals surface area contributed by atoms with E-state index in [0.29, 0.717) is 19.3 Å². The molecule has 0 spiro atoms. The zero-order chi connectivity index (χ0) is 14.9. The number of hydrogen-bond donors (Lipinski definition) is 2. The van der Waals surface area contributed by atoms with Gasteiger partial charge >= 0.3 is 0 Å². The van der Waals surface area contributed by atoms with E-state index in [0.717, 1.165) is 42.2 Å². The summed E-state index contributed by atoms with van der Waals surface area (Å²) in [7, 11) is 1.76. The Kier molecular flexibility index (Phi) is 6.82. The van der Waals surface area contributed by atoms with E-state index in [1.54, 1.807) is 7.05 Å². The number of aliphatic imine (C=N–C) groups is 1. The molecule has 0 aliphatic carbocycles. The summed E-state index contributed by atoms with van der Waals surface area (Å²) in [5.41, 5.74) is 0. The minimum Gasteiger partial charge on any atom is -0.492 e. The average molecular weight is 356 g/mol. The highest BCUT2D eigenvalue weighted by atomic mass is 79.9. The summed E-state index contributed by atoms with van der Waals surface area (Å²) in [5, 5.41) is 6.49. The maximum absolute atomic E-state index is 5.64. The molecule has 0 amide bonds. The van der Waals surface area contributed by atoms with Crippen LogP contribution in [0.15, 0.2) is 33.7 Å². The van der Waals surface area contributed by atoms with Gasteiger partial charge in [-0.3, -0.25) is 4.99 Å². The van der Waals surface area contributed by atoms with Gasteiger partial charge in [-0.15, -0.1) is 0 Å². The van der Waals surface area contributed by atoms with Crippen LogP contribution in [0.2, 0.25) is 0 Å². The Morgan fingerprint density at radius 1 is 1.38 bits per heavy atom. The van der Waals surface area contributed by atoms with Gasteiger partial charge in [-0.1, -0.05) is 15.9 Å². The number of nitrogens with zero attached hydrogens (tertiary/aromatic N) is 1. The largest absolute Gasteiger partial charge is 0.492 e. The smallest absolute Gasteiger partial charge is 0.191 e. The van der Waals surface area contributed by atoms with Crippen LogP contribution in [0.4, 0.5) is 0 Å². The molecule has 6 heteroatoms. The molecule has 1 unspecified atom stereocenters. The second-order valence-electron chi connectivity index (χ2n) is 4.82. The van der Waals surface area contributed by atoms with Crippen LogP contribution in [0.5, 0.6) is 5.75 Å². The van der Waals surface area contributed by atoms with Crippen molar-refractivity contribution in [2.24, 2.45) is 4.99 Å². The van der Waals surface area contributed by atoms with E-state index in [2.05, 4.69) is 31.6 Å². The fourth-order valence-electron chi connectivity index (χ4n) is 2.11. The van der Waals surface area contributed by atoms with Crippen molar-refractivity contribution in [3.05, 3.63) is 28.7 Å². The van der Waals surface area contributed by atoms with Crippen molar-refractivity contribution in [3.63, 3.8) is 0 Å². The Labute approximate surface area is 134 Å². The molecular weight excluding hydrogens is 334 g/mol. The van der Waals surface area contributed by atoms with E-state index in [9.17, 15) is 0 Å². The van der Waals surface area contributed by atoms with Crippen LogP contribution in [0.25, 0.3) is 0 Å². The third-order valence-electron chi connectivity index (χ3n) is 3.22. The highest BCUT2D eigenvalue weighted by Crippen LogP contribution is 2.15. The number of guanidine groups is 1. The molecule has 5 nitrogen and oxygen atoms in total. The summed E-state index contributed by atoms with van der Waals surface area (Å²) in [5.74, 6) is 1.65. The van der Waals surface area contributed by atoms with Crippen LogP contribution >= 0.6 is 15.9 Å². The van der Waals surface area contributed by atoms with Gasteiger partial charge in [0.25, 0.3) is 0 Å². The summed E-state index contributed by atoms with van der Waals surface area (Å²) in [4.78, 5) is 4.18. The third-order valence-corrected chi connectivity index (χ3v) is 3.75. The first kappa shape index (κ1) is 16.1. The van der Waals surface area contributed by atoms with Crippen molar-refractivity contribution < 1.29 is 9.47 Å². The summed E-state index contributed by atoms with van der Waals surface area (Å²) in [6, 6.07) is 7.80. The molecule has 1 aromatic carbocycles. The average Bonchev–Trinajstić information content (AvgIpc) is 3.02. The molecule has 2 rings (SSSR count). The van der Waals surface area contributed by atoms with Crippen LogP contribution in [0.1, 0.15) is 12.8 Å². The second-order valence-corrected chi connectivity index (χ2v) is 5.73.